The lowest BCUT2D eigenvalue weighted by Gasteiger charge is -2.36. The number of urea groups is 1. The number of nitrogens with one attached hydrogen (secondary N) is 2. The number of carbonyl (C=O) groups is 1. The highest BCUT2D eigenvalue weighted by Crippen LogP contribution is 2.23. The van der Waals surface area contributed by atoms with Gasteiger partial charge in [-0.2, -0.15) is 0 Å². The molecule has 1 fully saturated rings. The molecule has 2 aromatic rings. The van der Waals surface area contributed by atoms with E-state index >= 15 is 0 Å². The second kappa shape index (κ2) is 5.13. The van der Waals surface area contributed by atoms with Crippen molar-refractivity contribution >= 4 is 17.1 Å². The predicted octanol–water partition coefficient (Wildman–Crippen LogP) is 1.19. The monoisotopic (exact) mass is 273 g/mol. The lowest BCUT2D eigenvalue weighted by Crippen LogP contribution is -2.51. The van der Waals surface area contributed by atoms with E-state index in [-0.39, 0.29) is 12.1 Å². The molecule has 6 nitrogen and oxygen atoms in total. The van der Waals surface area contributed by atoms with Crippen LogP contribution >= 0.6 is 0 Å². The van der Waals surface area contributed by atoms with Crippen LogP contribution in [0, 0.1) is 0 Å². The Balaban J connectivity index is 1.94. The number of aromatic nitrogens is 2. The number of imidazole rings is 1. The summed E-state index contributed by atoms with van der Waals surface area (Å²) in [4.78, 5) is 23.7. The third-order valence-electron chi connectivity index (χ3n) is 3.59. The summed E-state index contributed by atoms with van der Waals surface area (Å²) in [6, 6.07) is 7.90. The highest BCUT2D eigenvalue weighted by Gasteiger charge is 2.30. The first-order chi connectivity index (χ1) is 9.66. The van der Waals surface area contributed by atoms with Crippen LogP contribution in [0.1, 0.15) is 11.9 Å². The summed E-state index contributed by atoms with van der Waals surface area (Å²) in [6.07, 6.45) is 0. The van der Waals surface area contributed by atoms with Gasteiger partial charge >= 0.3 is 6.03 Å². The van der Waals surface area contributed by atoms with E-state index < -0.39 is 0 Å². The van der Waals surface area contributed by atoms with Crippen LogP contribution in [0.2, 0.25) is 0 Å². The highest BCUT2D eigenvalue weighted by atomic mass is 16.2. The molecule has 0 saturated carbocycles. The first-order valence-corrected chi connectivity index (χ1v) is 6.80. The van der Waals surface area contributed by atoms with E-state index in [4.69, 9.17) is 0 Å². The fourth-order valence-corrected chi connectivity index (χ4v) is 2.56. The Morgan fingerprint density at radius 1 is 1.40 bits per heavy atom. The summed E-state index contributed by atoms with van der Waals surface area (Å²) in [5.74, 6) is 0.841. The summed E-state index contributed by atoms with van der Waals surface area (Å²) >= 11 is 0. The van der Waals surface area contributed by atoms with E-state index in [1.165, 1.54) is 0 Å². The molecule has 1 atom stereocenters. The molecule has 0 aliphatic carbocycles. The van der Waals surface area contributed by atoms with Crippen LogP contribution in [-0.2, 0) is 0 Å². The molecule has 0 radical (unpaired) electrons. The van der Waals surface area contributed by atoms with Crippen LogP contribution in [-0.4, -0.2) is 59.5 Å². The van der Waals surface area contributed by atoms with Crippen molar-refractivity contribution in [3.05, 3.63) is 30.1 Å². The quantitative estimate of drug-likeness (QED) is 0.820. The van der Waals surface area contributed by atoms with Crippen LogP contribution in [0.3, 0.4) is 0 Å². The number of carbonyl (C=O) groups excluding carboxylic acids is 1. The van der Waals surface area contributed by atoms with Crippen LogP contribution in [0.25, 0.3) is 11.0 Å². The number of nitrogens with zero attached hydrogens (tertiary/aromatic N) is 3. The molecule has 2 heterocycles. The third kappa shape index (κ3) is 2.22. The third-order valence-corrected chi connectivity index (χ3v) is 3.59. The molecule has 1 aliphatic heterocycles. The van der Waals surface area contributed by atoms with Gasteiger partial charge in [0.2, 0.25) is 0 Å². The van der Waals surface area contributed by atoms with Gasteiger partial charge in [-0.05, 0) is 12.1 Å². The van der Waals surface area contributed by atoms with E-state index in [2.05, 4.69) is 15.3 Å². The van der Waals surface area contributed by atoms with Crippen LogP contribution in [0.5, 0.6) is 0 Å². The van der Waals surface area contributed by atoms with Crippen LogP contribution in [0.4, 0.5) is 4.79 Å². The Bertz CT molecular complexity index is 588. The first kappa shape index (κ1) is 12.9. The molecule has 0 spiro atoms. The van der Waals surface area contributed by atoms with Gasteiger partial charge in [0.1, 0.15) is 11.9 Å². The maximum absolute atomic E-state index is 12.3. The number of aromatic amines is 1. The smallest absolute Gasteiger partial charge is 0.320 e. The summed E-state index contributed by atoms with van der Waals surface area (Å²) in [7, 11) is 3.56. The molecular formula is C14H19N5O. The lowest BCUT2D eigenvalue weighted by molar-refractivity contribution is 0.132. The van der Waals surface area contributed by atoms with Gasteiger partial charge in [0.15, 0.2) is 0 Å². The molecule has 106 valence electrons. The summed E-state index contributed by atoms with van der Waals surface area (Å²) in [5, 5.41) is 3.33. The molecule has 1 aliphatic rings. The SMILES string of the molecule is CN(C)C(=O)N1CCNCC1c1nc2ccccc2[nH]1. The molecule has 20 heavy (non-hydrogen) atoms. The van der Waals surface area contributed by atoms with Gasteiger partial charge in [0.05, 0.1) is 11.0 Å². The van der Waals surface area contributed by atoms with Crippen molar-refractivity contribution in [2.24, 2.45) is 0 Å². The zero-order valence-electron chi connectivity index (χ0n) is 11.8. The Morgan fingerprint density at radius 3 is 2.95 bits per heavy atom. The van der Waals surface area contributed by atoms with Gasteiger partial charge in [0, 0.05) is 33.7 Å². The number of hydrogen-bond donors (Lipinski definition) is 2. The van der Waals surface area contributed by atoms with Crippen molar-refractivity contribution in [1.82, 2.24) is 25.1 Å². The molecule has 1 aromatic carbocycles. The van der Waals surface area contributed by atoms with Gasteiger partial charge in [-0.3, -0.25) is 0 Å². The number of para-hydroxylation sites is 2. The van der Waals surface area contributed by atoms with E-state index in [1.807, 2.05) is 29.2 Å². The first-order valence-electron chi connectivity index (χ1n) is 6.80. The zero-order valence-corrected chi connectivity index (χ0v) is 11.8. The number of hydrogen-bond acceptors (Lipinski definition) is 3. The van der Waals surface area contributed by atoms with Crippen LogP contribution in [0.15, 0.2) is 24.3 Å². The number of benzene rings is 1. The molecular weight excluding hydrogens is 254 g/mol. The Hall–Kier alpha value is -2.08. The Morgan fingerprint density at radius 2 is 2.20 bits per heavy atom. The maximum Gasteiger partial charge on any atom is 0.320 e. The maximum atomic E-state index is 12.3. The molecule has 2 N–H and O–H groups in total. The molecule has 3 rings (SSSR count). The second-order valence-electron chi connectivity index (χ2n) is 5.23. The average molecular weight is 273 g/mol. The van der Waals surface area contributed by atoms with Gasteiger partial charge in [-0.1, -0.05) is 12.1 Å². The molecule has 6 heteroatoms. The number of amides is 2. The minimum absolute atomic E-state index is 0.0250. The fraction of sp³-hybridized carbons (Fsp3) is 0.429. The summed E-state index contributed by atoms with van der Waals surface area (Å²) in [5.41, 5.74) is 1.94. The predicted molar refractivity (Wildman–Crippen MR) is 77.5 cm³/mol. The fourth-order valence-electron chi connectivity index (χ4n) is 2.56. The molecule has 1 saturated heterocycles. The number of H-pyrrole nitrogens is 1. The largest absolute Gasteiger partial charge is 0.340 e. The van der Waals surface area contributed by atoms with Crippen molar-refractivity contribution in [1.29, 1.82) is 0 Å². The average Bonchev–Trinajstić information content (AvgIpc) is 2.90. The van der Waals surface area contributed by atoms with E-state index in [0.717, 1.165) is 29.9 Å². The second-order valence-corrected chi connectivity index (χ2v) is 5.23. The van der Waals surface area contributed by atoms with E-state index in [0.29, 0.717) is 6.54 Å². The van der Waals surface area contributed by atoms with Gasteiger partial charge in [-0.15, -0.1) is 0 Å². The number of fused-ring (bicyclic) bond motifs is 1. The standard InChI is InChI=1S/C14H19N5O/c1-18(2)14(20)19-8-7-15-9-12(19)13-16-10-5-3-4-6-11(10)17-13/h3-6,12,15H,7-9H2,1-2H3,(H,16,17). The van der Waals surface area contributed by atoms with Crippen molar-refractivity contribution in [3.8, 4) is 0 Å². The minimum Gasteiger partial charge on any atom is -0.340 e. The highest BCUT2D eigenvalue weighted by molar-refractivity contribution is 5.76. The van der Waals surface area contributed by atoms with Crippen molar-refractivity contribution in [2.45, 2.75) is 6.04 Å². The topological polar surface area (TPSA) is 64.3 Å². The molecule has 1 unspecified atom stereocenters. The van der Waals surface area contributed by atoms with E-state index in [1.54, 1.807) is 19.0 Å². The normalized spacial score (nSPS) is 19.3. The molecule has 0 bridgehead atoms. The zero-order chi connectivity index (χ0) is 14.1. The van der Waals surface area contributed by atoms with Gasteiger partial charge < -0.3 is 20.1 Å². The van der Waals surface area contributed by atoms with Crippen molar-refractivity contribution in [3.63, 3.8) is 0 Å². The van der Waals surface area contributed by atoms with Crippen LogP contribution < -0.4 is 5.32 Å². The molecule has 1 aromatic heterocycles. The molecule has 2 amide bonds. The van der Waals surface area contributed by atoms with E-state index in [9.17, 15) is 4.79 Å². The van der Waals surface area contributed by atoms with Gasteiger partial charge in [0.25, 0.3) is 0 Å². The Kier molecular flexibility index (Phi) is 3.31. The summed E-state index contributed by atoms with van der Waals surface area (Å²) in [6.45, 7) is 2.23. The lowest BCUT2D eigenvalue weighted by atomic mass is 10.2. The minimum atomic E-state index is -0.0500. The van der Waals surface area contributed by atoms with Gasteiger partial charge in [-0.25, -0.2) is 9.78 Å². The Labute approximate surface area is 117 Å². The number of piperazine rings is 1. The van der Waals surface area contributed by atoms with Crippen molar-refractivity contribution < 1.29 is 4.79 Å². The number of rotatable bonds is 1. The van der Waals surface area contributed by atoms with Crippen molar-refractivity contribution in [2.75, 3.05) is 33.7 Å². The summed E-state index contributed by atoms with van der Waals surface area (Å²) < 4.78 is 0.